The normalized spacial score (nSPS) is 35.6. The van der Waals surface area contributed by atoms with Crippen LogP contribution in [0.25, 0.3) is 0 Å². The van der Waals surface area contributed by atoms with Gasteiger partial charge in [0.15, 0.2) is 0 Å². The topological polar surface area (TPSA) is 149 Å². The van der Waals surface area contributed by atoms with Crippen molar-refractivity contribution in [1.29, 1.82) is 0 Å². The third kappa shape index (κ3) is 2.28. The minimum atomic E-state index is -1.60. The summed E-state index contributed by atoms with van der Waals surface area (Å²) in [5.74, 6) is -12.6. The second-order valence-electron chi connectivity index (χ2n) is 6.97. The Bertz CT molecular complexity index is 731. The van der Waals surface area contributed by atoms with Gasteiger partial charge in [-0.3, -0.25) is 19.2 Å². The van der Waals surface area contributed by atoms with Crippen LogP contribution in [-0.2, 0) is 24.6 Å². The average Bonchev–Trinajstić information content (AvgIpc) is 2.60. The molecule has 3 aliphatic rings. The van der Waals surface area contributed by atoms with E-state index >= 15 is 0 Å². The molecule has 3 saturated carbocycles. The number of hydrogen-bond acceptors (Lipinski definition) is 4. The predicted octanol–water partition coefficient (Wildman–Crippen LogP) is 1.15. The largest absolute Gasteiger partial charge is 0.481 e. The van der Waals surface area contributed by atoms with Gasteiger partial charge >= 0.3 is 23.9 Å². The Balaban J connectivity index is 2.34. The maximum Gasteiger partial charge on any atom is 0.308 e. The Morgan fingerprint density at radius 1 is 0.769 bits per heavy atom. The highest BCUT2D eigenvalue weighted by Gasteiger charge is 2.70. The monoisotopic (exact) mass is 362 g/mol. The van der Waals surface area contributed by atoms with Crippen LogP contribution < -0.4 is 0 Å². The number of hydrogen-bond donors (Lipinski definition) is 4. The number of carboxylic acid groups (broad SMARTS) is 4. The molecule has 0 radical (unpaired) electrons. The fourth-order valence-electron chi connectivity index (χ4n) is 5.28. The van der Waals surface area contributed by atoms with Gasteiger partial charge in [-0.05, 0) is 24.3 Å². The van der Waals surface area contributed by atoms with E-state index in [-0.39, 0.29) is 12.8 Å². The van der Waals surface area contributed by atoms with Crippen LogP contribution in [0.15, 0.2) is 30.3 Å². The molecule has 4 atom stereocenters. The molecule has 3 aliphatic carbocycles. The Morgan fingerprint density at radius 3 is 1.62 bits per heavy atom. The van der Waals surface area contributed by atoms with Crippen LogP contribution in [0.3, 0.4) is 0 Å². The third-order valence-corrected chi connectivity index (χ3v) is 6.06. The molecule has 8 nitrogen and oxygen atoms in total. The molecule has 1 aromatic rings. The van der Waals surface area contributed by atoms with Gasteiger partial charge in [0.05, 0.1) is 23.7 Å². The number of fused-ring (bicyclic) bond motifs is 3. The lowest BCUT2D eigenvalue weighted by molar-refractivity contribution is -0.195. The Morgan fingerprint density at radius 2 is 1.23 bits per heavy atom. The molecule has 0 spiro atoms. The van der Waals surface area contributed by atoms with E-state index in [2.05, 4.69) is 0 Å². The summed E-state index contributed by atoms with van der Waals surface area (Å²) in [5, 5.41) is 39.0. The lowest BCUT2D eigenvalue weighted by Gasteiger charge is -2.59. The fraction of sp³-hybridized carbons (Fsp3) is 0.444. The molecular weight excluding hydrogens is 344 g/mol. The summed E-state index contributed by atoms with van der Waals surface area (Å²) >= 11 is 0. The van der Waals surface area contributed by atoms with E-state index in [0.717, 1.165) is 0 Å². The molecule has 3 fully saturated rings. The van der Waals surface area contributed by atoms with Gasteiger partial charge in [0.25, 0.3) is 0 Å². The summed E-state index contributed by atoms with van der Waals surface area (Å²) in [7, 11) is 0. The molecule has 0 saturated heterocycles. The summed E-state index contributed by atoms with van der Waals surface area (Å²) in [6.07, 6.45) is 0.263. The van der Waals surface area contributed by atoms with Gasteiger partial charge in [0.1, 0.15) is 0 Å². The zero-order chi connectivity index (χ0) is 19.2. The van der Waals surface area contributed by atoms with E-state index in [9.17, 15) is 39.6 Å². The van der Waals surface area contributed by atoms with E-state index in [4.69, 9.17) is 0 Å². The van der Waals surface area contributed by atoms with Gasteiger partial charge < -0.3 is 20.4 Å². The molecule has 26 heavy (non-hydrogen) atoms. The van der Waals surface area contributed by atoms with Gasteiger partial charge in [-0.1, -0.05) is 30.3 Å². The lowest BCUT2D eigenvalue weighted by atomic mass is 9.41. The summed E-state index contributed by atoms with van der Waals surface area (Å²) in [6.45, 7) is 0. The quantitative estimate of drug-likeness (QED) is 0.609. The average molecular weight is 362 g/mol. The van der Waals surface area contributed by atoms with Crippen LogP contribution in [0.2, 0.25) is 0 Å². The number of rotatable bonds is 5. The second kappa shape index (κ2) is 6.12. The first-order valence-corrected chi connectivity index (χ1v) is 8.20. The molecule has 0 aliphatic heterocycles. The number of carbonyl (C=O) groups is 4. The van der Waals surface area contributed by atoms with Crippen molar-refractivity contribution in [3.05, 3.63) is 35.9 Å². The third-order valence-electron chi connectivity index (χ3n) is 6.06. The van der Waals surface area contributed by atoms with Crippen LogP contribution in [0.5, 0.6) is 0 Å². The molecule has 0 heterocycles. The molecular formula is C18H18O8. The smallest absolute Gasteiger partial charge is 0.308 e. The van der Waals surface area contributed by atoms with Gasteiger partial charge in [-0.15, -0.1) is 0 Å². The minimum Gasteiger partial charge on any atom is -0.481 e. The van der Waals surface area contributed by atoms with Crippen LogP contribution in [0.4, 0.5) is 0 Å². The summed E-state index contributed by atoms with van der Waals surface area (Å²) in [4.78, 5) is 47.9. The Kier molecular flexibility index (Phi) is 4.21. The van der Waals surface area contributed by atoms with E-state index < -0.39 is 58.9 Å². The molecule has 8 heteroatoms. The predicted molar refractivity (Wildman–Crippen MR) is 85.3 cm³/mol. The van der Waals surface area contributed by atoms with Gasteiger partial charge in [-0.2, -0.15) is 0 Å². The van der Waals surface area contributed by atoms with Crippen molar-refractivity contribution in [2.24, 2.45) is 29.6 Å². The summed E-state index contributed by atoms with van der Waals surface area (Å²) in [6, 6.07) is 7.98. The Labute approximate surface area is 148 Å². The highest BCUT2D eigenvalue weighted by Crippen LogP contribution is 2.63. The van der Waals surface area contributed by atoms with Gasteiger partial charge in [0.2, 0.25) is 0 Å². The molecule has 0 aromatic heterocycles. The fourth-order valence-corrected chi connectivity index (χ4v) is 5.28. The van der Waals surface area contributed by atoms with Gasteiger partial charge in [0, 0.05) is 5.41 Å². The van der Waals surface area contributed by atoms with Crippen molar-refractivity contribution in [1.82, 2.24) is 0 Å². The Hall–Kier alpha value is -2.90. The van der Waals surface area contributed by atoms with Crippen molar-refractivity contribution in [2.75, 3.05) is 0 Å². The first-order chi connectivity index (χ1) is 12.2. The van der Waals surface area contributed by atoms with Crippen molar-refractivity contribution < 1.29 is 39.6 Å². The molecule has 138 valence electrons. The molecule has 4 N–H and O–H groups in total. The molecule has 2 bridgehead atoms. The second-order valence-corrected chi connectivity index (χ2v) is 6.97. The van der Waals surface area contributed by atoms with Crippen molar-refractivity contribution in [3.63, 3.8) is 0 Å². The van der Waals surface area contributed by atoms with Crippen LogP contribution in [0.1, 0.15) is 18.4 Å². The lowest BCUT2D eigenvalue weighted by Crippen LogP contribution is -2.67. The number of aliphatic carboxylic acids is 4. The maximum absolute atomic E-state index is 12.1. The van der Waals surface area contributed by atoms with E-state index in [1.165, 1.54) is 0 Å². The summed E-state index contributed by atoms with van der Waals surface area (Å²) < 4.78 is 0. The maximum atomic E-state index is 12.1. The summed E-state index contributed by atoms with van der Waals surface area (Å²) in [5.41, 5.74) is -1.24. The zero-order valence-corrected chi connectivity index (χ0v) is 13.6. The molecule has 4 unspecified atom stereocenters. The van der Waals surface area contributed by atoms with E-state index in [1.807, 2.05) is 0 Å². The van der Waals surface area contributed by atoms with Crippen LogP contribution in [-0.4, -0.2) is 44.3 Å². The van der Waals surface area contributed by atoms with E-state index in [0.29, 0.717) is 5.56 Å². The van der Waals surface area contributed by atoms with Crippen LogP contribution >= 0.6 is 0 Å². The highest BCUT2D eigenvalue weighted by molar-refractivity contribution is 5.89. The highest BCUT2D eigenvalue weighted by atomic mass is 16.4. The molecule has 4 rings (SSSR count). The van der Waals surface area contributed by atoms with Crippen molar-refractivity contribution in [2.45, 2.75) is 18.3 Å². The number of benzene rings is 1. The van der Waals surface area contributed by atoms with Crippen molar-refractivity contribution >= 4 is 23.9 Å². The van der Waals surface area contributed by atoms with Crippen LogP contribution in [0, 0.1) is 29.6 Å². The zero-order valence-electron chi connectivity index (χ0n) is 13.6. The minimum absolute atomic E-state index is 0.114. The van der Waals surface area contributed by atoms with Gasteiger partial charge in [-0.25, -0.2) is 0 Å². The van der Waals surface area contributed by atoms with E-state index in [1.54, 1.807) is 30.3 Å². The first kappa shape index (κ1) is 17.9. The molecule has 0 amide bonds. The first-order valence-electron chi connectivity index (χ1n) is 8.20. The number of carboxylic acids is 4. The standard InChI is InChI=1S/C18H18O8/c19-14(20)10-9-6-7-18(12(10)16(23)24,8-4-2-1-3-5-8)13(17(25)26)11(9)15(21)22/h1-5,9-13H,6-7H2,(H,19,20)(H,21,22)(H,23,24)(H,25,26). The molecule has 1 aromatic carbocycles. The SMILES string of the molecule is O=C(O)C1C2CCC(c3ccccc3)(C1C(=O)O)C(C(=O)O)C2C(=O)O. The van der Waals surface area contributed by atoms with Crippen molar-refractivity contribution in [3.8, 4) is 0 Å².